The topological polar surface area (TPSA) is 61.7 Å². The van der Waals surface area contributed by atoms with Gasteiger partial charge in [0.15, 0.2) is 0 Å². The molecular formula is C23H49NO3. The fourth-order valence-corrected chi connectivity index (χ4v) is 3.55. The molecule has 2 atom stereocenters. The molecule has 4 heteroatoms. The average Bonchev–Trinajstić information content (AvgIpc) is 2.65. The van der Waals surface area contributed by atoms with Crippen LogP contribution in [-0.4, -0.2) is 49.2 Å². The quantitative estimate of drug-likeness (QED) is 0.227. The lowest BCUT2D eigenvalue weighted by atomic mass is 9.98. The van der Waals surface area contributed by atoms with Crippen molar-refractivity contribution in [2.75, 3.05) is 32.9 Å². The third-order valence-corrected chi connectivity index (χ3v) is 5.25. The van der Waals surface area contributed by atoms with E-state index in [9.17, 15) is 5.11 Å². The van der Waals surface area contributed by atoms with E-state index in [1.807, 2.05) is 0 Å². The van der Waals surface area contributed by atoms with Crippen LogP contribution >= 0.6 is 0 Å². The lowest BCUT2D eigenvalue weighted by molar-refractivity contribution is 0.0350. The molecule has 0 saturated heterocycles. The van der Waals surface area contributed by atoms with Crippen LogP contribution in [-0.2, 0) is 4.74 Å². The van der Waals surface area contributed by atoms with Gasteiger partial charge in [-0.1, -0.05) is 97.3 Å². The van der Waals surface area contributed by atoms with Gasteiger partial charge in [0, 0.05) is 19.7 Å². The molecule has 0 saturated carbocycles. The molecule has 0 spiro atoms. The predicted octanol–water partition coefficient (Wildman–Crippen LogP) is 5.06. The van der Waals surface area contributed by atoms with Crippen molar-refractivity contribution in [1.29, 1.82) is 0 Å². The van der Waals surface area contributed by atoms with Crippen LogP contribution in [0.2, 0.25) is 0 Å². The van der Waals surface area contributed by atoms with Gasteiger partial charge in [0.05, 0.1) is 19.3 Å². The Kier molecular flexibility index (Phi) is 22.0. The third-order valence-electron chi connectivity index (χ3n) is 5.25. The van der Waals surface area contributed by atoms with Crippen LogP contribution < -0.4 is 5.32 Å². The lowest BCUT2D eigenvalue weighted by Gasteiger charge is -2.11. The Hall–Kier alpha value is -0.160. The summed E-state index contributed by atoms with van der Waals surface area (Å²) in [5.74, 6) is 0.930. The molecule has 27 heavy (non-hydrogen) atoms. The minimum Gasteiger partial charge on any atom is -0.395 e. The number of ether oxygens (including phenoxy) is 1. The second-order valence-corrected chi connectivity index (χ2v) is 8.23. The largest absolute Gasteiger partial charge is 0.395 e. The van der Waals surface area contributed by atoms with Gasteiger partial charge in [0.1, 0.15) is 0 Å². The van der Waals surface area contributed by atoms with Crippen LogP contribution in [0, 0.1) is 5.92 Å². The lowest BCUT2D eigenvalue weighted by Crippen LogP contribution is -2.32. The molecule has 0 radical (unpaired) electrons. The van der Waals surface area contributed by atoms with E-state index in [2.05, 4.69) is 19.2 Å². The van der Waals surface area contributed by atoms with Crippen molar-refractivity contribution in [2.45, 2.75) is 110 Å². The van der Waals surface area contributed by atoms with Gasteiger partial charge in [-0.25, -0.2) is 0 Å². The monoisotopic (exact) mass is 387 g/mol. The molecule has 0 aromatic rings. The predicted molar refractivity (Wildman–Crippen MR) is 116 cm³/mol. The zero-order chi connectivity index (χ0) is 20.0. The first kappa shape index (κ1) is 26.8. The summed E-state index contributed by atoms with van der Waals surface area (Å²) >= 11 is 0. The molecule has 2 unspecified atom stereocenters. The number of rotatable bonds is 22. The zero-order valence-corrected chi connectivity index (χ0v) is 18.4. The Labute approximate surface area is 169 Å². The normalized spacial score (nSPS) is 13.8. The highest BCUT2D eigenvalue weighted by atomic mass is 16.5. The van der Waals surface area contributed by atoms with Crippen molar-refractivity contribution < 1.29 is 14.9 Å². The fraction of sp³-hybridized carbons (Fsp3) is 1.00. The van der Waals surface area contributed by atoms with Crippen LogP contribution in [0.3, 0.4) is 0 Å². The Bertz CT molecular complexity index is 276. The van der Waals surface area contributed by atoms with Crippen LogP contribution in [0.15, 0.2) is 0 Å². The van der Waals surface area contributed by atoms with Crippen LogP contribution in [0.5, 0.6) is 0 Å². The second-order valence-electron chi connectivity index (χ2n) is 8.23. The van der Waals surface area contributed by atoms with Gasteiger partial charge in [-0.15, -0.1) is 0 Å². The van der Waals surface area contributed by atoms with Gasteiger partial charge < -0.3 is 20.3 Å². The van der Waals surface area contributed by atoms with Gasteiger partial charge in [-0.05, 0) is 12.3 Å². The summed E-state index contributed by atoms with van der Waals surface area (Å²) in [7, 11) is 0. The molecule has 164 valence electrons. The van der Waals surface area contributed by atoms with E-state index >= 15 is 0 Å². The molecule has 0 rings (SSSR count). The minimum atomic E-state index is -0.476. The smallest absolute Gasteiger partial charge is 0.0897 e. The van der Waals surface area contributed by atoms with Gasteiger partial charge in [-0.2, -0.15) is 0 Å². The van der Waals surface area contributed by atoms with Crippen molar-refractivity contribution in [3.8, 4) is 0 Å². The van der Waals surface area contributed by atoms with E-state index in [4.69, 9.17) is 9.84 Å². The molecule has 0 aliphatic rings. The van der Waals surface area contributed by atoms with E-state index in [0.29, 0.717) is 19.7 Å². The highest BCUT2D eigenvalue weighted by Gasteiger charge is 2.03. The Balaban J connectivity index is 3.10. The van der Waals surface area contributed by atoms with Crippen LogP contribution in [0.1, 0.15) is 104 Å². The van der Waals surface area contributed by atoms with E-state index < -0.39 is 6.10 Å². The standard InChI is InChI=1S/C23H49NO3/c1-3-15-22(2)16-13-11-9-7-5-4-6-8-10-12-14-19-27-21-23(26)20-24-17-18-25/h22-26H,3-21H2,1-2H3. The number of aliphatic hydroxyl groups excluding tert-OH is 2. The first-order valence-electron chi connectivity index (χ1n) is 11.8. The fourth-order valence-electron chi connectivity index (χ4n) is 3.55. The van der Waals surface area contributed by atoms with Crippen molar-refractivity contribution in [1.82, 2.24) is 5.32 Å². The summed E-state index contributed by atoms with van der Waals surface area (Å²) in [5, 5.41) is 21.3. The summed E-state index contributed by atoms with van der Waals surface area (Å²) < 4.78 is 5.49. The molecule has 0 amide bonds. The molecule has 0 aromatic carbocycles. The molecule has 0 aliphatic carbocycles. The Morgan fingerprint density at radius 2 is 1.37 bits per heavy atom. The van der Waals surface area contributed by atoms with Gasteiger partial charge >= 0.3 is 0 Å². The SMILES string of the molecule is CCCC(C)CCCCCCCCCCCCCOCC(O)CNCCO. The maximum atomic E-state index is 9.64. The molecule has 0 aliphatic heterocycles. The molecule has 3 N–H and O–H groups in total. The first-order chi connectivity index (χ1) is 13.2. The summed E-state index contributed by atoms with van der Waals surface area (Å²) in [6.45, 7) is 6.93. The number of hydrogen-bond acceptors (Lipinski definition) is 4. The van der Waals surface area contributed by atoms with Crippen molar-refractivity contribution >= 4 is 0 Å². The number of hydrogen-bond donors (Lipinski definition) is 3. The maximum Gasteiger partial charge on any atom is 0.0897 e. The number of nitrogens with one attached hydrogen (secondary N) is 1. The van der Waals surface area contributed by atoms with Crippen molar-refractivity contribution in [3.63, 3.8) is 0 Å². The van der Waals surface area contributed by atoms with Gasteiger partial charge in [-0.3, -0.25) is 0 Å². The summed E-state index contributed by atoms with van der Waals surface area (Å²) in [5.41, 5.74) is 0. The van der Waals surface area contributed by atoms with Crippen LogP contribution in [0.4, 0.5) is 0 Å². The minimum absolute atomic E-state index is 0.103. The molecule has 0 heterocycles. The number of aliphatic hydroxyl groups is 2. The zero-order valence-electron chi connectivity index (χ0n) is 18.4. The van der Waals surface area contributed by atoms with Crippen molar-refractivity contribution in [3.05, 3.63) is 0 Å². The Morgan fingerprint density at radius 1 is 0.815 bits per heavy atom. The molecule has 4 nitrogen and oxygen atoms in total. The van der Waals surface area contributed by atoms with Crippen LogP contribution in [0.25, 0.3) is 0 Å². The highest BCUT2D eigenvalue weighted by molar-refractivity contribution is 4.58. The second kappa shape index (κ2) is 22.1. The van der Waals surface area contributed by atoms with E-state index in [-0.39, 0.29) is 6.61 Å². The highest BCUT2D eigenvalue weighted by Crippen LogP contribution is 2.16. The summed E-state index contributed by atoms with van der Waals surface area (Å²) in [6, 6.07) is 0. The molecule has 0 bridgehead atoms. The number of unbranched alkanes of at least 4 members (excludes halogenated alkanes) is 10. The van der Waals surface area contributed by atoms with Gasteiger partial charge in [0.25, 0.3) is 0 Å². The third kappa shape index (κ3) is 22.0. The van der Waals surface area contributed by atoms with E-state index in [1.54, 1.807) is 0 Å². The molecular weight excluding hydrogens is 338 g/mol. The van der Waals surface area contributed by atoms with E-state index in [1.165, 1.54) is 83.5 Å². The Morgan fingerprint density at radius 3 is 1.93 bits per heavy atom. The van der Waals surface area contributed by atoms with Crippen molar-refractivity contribution in [2.24, 2.45) is 5.92 Å². The first-order valence-corrected chi connectivity index (χ1v) is 11.8. The van der Waals surface area contributed by atoms with Gasteiger partial charge in [0.2, 0.25) is 0 Å². The maximum absolute atomic E-state index is 9.64. The molecule has 0 aromatic heterocycles. The summed E-state index contributed by atoms with van der Waals surface area (Å²) in [6.07, 6.45) is 18.6. The summed E-state index contributed by atoms with van der Waals surface area (Å²) in [4.78, 5) is 0. The molecule has 0 fully saturated rings. The van der Waals surface area contributed by atoms with E-state index in [0.717, 1.165) is 18.9 Å². The average molecular weight is 388 g/mol.